The summed E-state index contributed by atoms with van der Waals surface area (Å²) in [6.45, 7) is 4.28. The van der Waals surface area contributed by atoms with Crippen LogP contribution in [0, 0.1) is 11.8 Å². The van der Waals surface area contributed by atoms with Gasteiger partial charge in [-0.05, 0) is 44.1 Å². The van der Waals surface area contributed by atoms with Crippen LogP contribution in [-0.4, -0.2) is 20.2 Å². The van der Waals surface area contributed by atoms with Gasteiger partial charge in [0.2, 0.25) is 0 Å². The Balaban J connectivity index is 2.75. The molecule has 110 valence electrons. The first-order chi connectivity index (χ1) is 9.17. The molecule has 0 aromatic heterocycles. The van der Waals surface area contributed by atoms with Gasteiger partial charge in [-0.1, -0.05) is 20.3 Å². The van der Waals surface area contributed by atoms with Crippen LogP contribution in [0.3, 0.4) is 0 Å². The molecule has 0 amide bonds. The molecule has 0 aliphatic heterocycles. The number of carbonyl (C=O) groups is 1. The summed E-state index contributed by atoms with van der Waals surface area (Å²) in [5, 5.41) is 0. The first-order valence-electron chi connectivity index (χ1n) is 7.51. The molecule has 0 bridgehead atoms. The Bertz CT molecular complexity index is 314. The van der Waals surface area contributed by atoms with Crippen LogP contribution in [0.25, 0.3) is 0 Å². The van der Waals surface area contributed by atoms with E-state index in [-0.39, 0.29) is 11.9 Å². The van der Waals surface area contributed by atoms with Crippen molar-refractivity contribution in [2.45, 2.75) is 58.8 Å². The first kappa shape index (κ1) is 16.1. The number of esters is 1. The van der Waals surface area contributed by atoms with E-state index in [9.17, 15) is 4.79 Å². The van der Waals surface area contributed by atoms with Gasteiger partial charge < -0.3 is 9.47 Å². The summed E-state index contributed by atoms with van der Waals surface area (Å²) in [6.07, 6.45) is 7.37. The molecule has 3 heteroatoms. The van der Waals surface area contributed by atoms with Crippen molar-refractivity contribution in [2.75, 3.05) is 14.2 Å². The monoisotopic (exact) mass is 268 g/mol. The highest BCUT2D eigenvalue weighted by atomic mass is 16.5. The molecule has 1 aliphatic rings. The highest BCUT2D eigenvalue weighted by Crippen LogP contribution is 2.36. The zero-order chi connectivity index (χ0) is 14.3. The number of ether oxygens (including phenoxy) is 2. The second-order valence-electron chi connectivity index (χ2n) is 5.38. The first-order valence-corrected chi connectivity index (χ1v) is 7.51. The molecule has 1 saturated carbocycles. The lowest BCUT2D eigenvalue weighted by Gasteiger charge is -2.28. The lowest BCUT2D eigenvalue weighted by atomic mass is 9.82. The van der Waals surface area contributed by atoms with E-state index in [4.69, 9.17) is 9.47 Å². The third kappa shape index (κ3) is 4.26. The number of rotatable bonds is 8. The standard InChI is InChI=1S/C16H28O3/c1-5-8-14(16(17)19-4)11-12(6-2)15(18-3)13-9-7-10-13/h12,14H,5-11H2,1-4H3. The molecule has 1 fully saturated rings. The fourth-order valence-electron chi connectivity index (χ4n) is 2.85. The molecule has 0 heterocycles. The maximum absolute atomic E-state index is 11.8. The average molecular weight is 268 g/mol. The lowest BCUT2D eigenvalue weighted by Crippen LogP contribution is -2.22. The molecule has 0 radical (unpaired) electrons. The SMILES string of the molecule is CCCC(CC(CC)C(OC)=C1CCC1)C(=O)OC. The fraction of sp³-hybridized carbons (Fsp3) is 0.812. The van der Waals surface area contributed by atoms with Crippen molar-refractivity contribution >= 4 is 5.97 Å². The Morgan fingerprint density at radius 3 is 2.21 bits per heavy atom. The smallest absolute Gasteiger partial charge is 0.308 e. The Kier molecular flexibility index (Phi) is 6.96. The number of allylic oxidation sites excluding steroid dienone is 2. The minimum absolute atomic E-state index is 0.00535. The minimum atomic E-state index is -0.0747. The second kappa shape index (κ2) is 8.23. The summed E-state index contributed by atoms with van der Waals surface area (Å²) >= 11 is 0. The summed E-state index contributed by atoms with van der Waals surface area (Å²) < 4.78 is 10.6. The summed E-state index contributed by atoms with van der Waals surface area (Å²) in [7, 11) is 3.24. The molecule has 0 spiro atoms. The van der Waals surface area contributed by atoms with E-state index in [1.807, 2.05) is 0 Å². The summed E-state index contributed by atoms with van der Waals surface area (Å²) in [5.74, 6) is 1.43. The summed E-state index contributed by atoms with van der Waals surface area (Å²) in [5.41, 5.74) is 1.45. The third-order valence-electron chi connectivity index (χ3n) is 4.13. The molecule has 0 saturated heterocycles. The largest absolute Gasteiger partial charge is 0.501 e. The molecule has 2 unspecified atom stereocenters. The van der Waals surface area contributed by atoms with Crippen LogP contribution < -0.4 is 0 Å². The molecule has 19 heavy (non-hydrogen) atoms. The Labute approximate surface area is 117 Å². The molecule has 1 rings (SSSR count). The molecular formula is C16H28O3. The van der Waals surface area contributed by atoms with Crippen LogP contribution in [0.5, 0.6) is 0 Å². The van der Waals surface area contributed by atoms with Gasteiger partial charge in [0, 0.05) is 5.92 Å². The molecule has 3 nitrogen and oxygen atoms in total. The van der Waals surface area contributed by atoms with Crippen LogP contribution in [0.15, 0.2) is 11.3 Å². The molecule has 1 aliphatic carbocycles. The lowest BCUT2D eigenvalue weighted by molar-refractivity contribution is -0.146. The van der Waals surface area contributed by atoms with Gasteiger partial charge in [-0.2, -0.15) is 0 Å². The van der Waals surface area contributed by atoms with Crippen LogP contribution in [-0.2, 0) is 14.3 Å². The van der Waals surface area contributed by atoms with Crippen LogP contribution >= 0.6 is 0 Å². The van der Waals surface area contributed by atoms with Gasteiger partial charge in [0.15, 0.2) is 0 Å². The normalized spacial score (nSPS) is 17.4. The Morgan fingerprint density at radius 2 is 1.84 bits per heavy atom. The number of hydrogen-bond acceptors (Lipinski definition) is 3. The third-order valence-corrected chi connectivity index (χ3v) is 4.13. The van der Waals surface area contributed by atoms with Crippen molar-refractivity contribution in [3.63, 3.8) is 0 Å². The maximum Gasteiger partial charge on any atom is 0.308 e. The van der Waals surface area contributed by atoms with Gasteiger partial charge in [-0.15, -0.1) is 0 Å². The molecule has 0 aromatic carbocycles. The van der Waals surface area contributed by atoms with E-state index in [1.165, 1.54) is 19.1 Å². The Morgan fingerprint density at radius 1 is 1.16 bits per heavy atom. The summed E-state index contributed by atoms with van der Waals surface area (Å²) in [6, 6.07) is 0. The van der Waals surface area contributed by atoms with Crippen molar-refractivity contribution in [1.82, 2.24) is 0 Å². The van der Waals surface area contributed by atoms with E-state index in [1.54, 1.807) is 7.11 Å². The van der Waals surface area contributed by atoms with Crippen LogP contribution in [0.2, 0.25) is 0 Å². The number of hydrogen-bond donors (Lipinski definition) is 0. The Hall–Kier alpha value is -0.990. The predicted octanol–water partition coefficient (Wildman–Crippen LogP) is 4.08. The van der Waals surface area contributed by atoms with Gasteiger partial charge in [0.1, 0.15) is 0 Å². The number of methoxy groups -OCH3 is 2. The van der Waals surface area contributed by atoms with Crippen molar-refractivity contribution in [1.29, 1.82) is 0 Å². The van der Waals surface area contributed by atoms with Crippen molar-refractivity contribution in [3.05, 3.63) is 11.3 Å². The fourth-order valence-corrected chi connectivity index (χ4v) is 2.85. The predicted molar refractivity (Wildman–Crippen MR) is 76.7 cm³/mol. The van der Waals surface area contributed by atoms with Crippen molar-refractivity contribution < 1.29 is 14.3 Å². The van der Waals surface area contributed by atoms with Gasteiger partial charge >= 0.3 is 5.97 Å². The zero-order valence-corrected chi connectivity index (χ0v) is 12.8. The second-order valence-corrected chi connectivity index (χ2v) is 5.38. The van der Waals surface area contributed by atoms with Crippen LogP contribution in [0.4, 0.5) is 0 Å². The maximum atomic E-state index is 11.8. The molecule has 2 atom stereocenters. The topological polar surface area (TPSA) is 35.5 Å². The van der Waals surface area contributed by atoms with Gasteiger partial charge in [0.05, 0.1) is 25.9 Å². The van der Waals surface area contributed by atoms with Gasteiger partial charge in [-0.25, -0.2) is 0 Å². The van der Waals surface area contributed by atoms with E-state index in [0.717, 1.165) is 44.3 Å². The molecule has 0 aromatic rings. The highest BCUT2D eigenvalue weighted by Gasteiger charge is 2.27. The number of carbonyl (C=O) groups excluding carboxylic acids is 1. The average Bonchev–Trinajstić information content (AvgIpc) is 2.38. The van der Waals surface area contributed by atoms with E-state index in [2.05, 4.69) is 13.8 Å². The van der Waals surface area contributed by atoms with E-state index < -0.39 is 0 Å². The molecular weight excluding hydrogens is 240 g/mol. The quantitative estimate of drug-likeness (QED) is 0.491. The van der Waals surface area contributed by atoms with Gasteiger partial charge in [0.25, 0.3) is 0 Å². The van der Waals surface area contributed by atoms with E-state index >= 15 is 0 Å². The highest BCUT2D eigenvalue weighted by molar-refractivity contribution is 5.72. The van der Waals surface area contributed by atoms with Crippen molar-refractivity contribution in [3.8, 4) is 0 Å². The summed E-state index contributed by atoms with van der Waals surface area (Å²) in [4.78, 5) is 11.8. The van der Waals surface area contributed by atoms with Gasteiger partial charge in [-0.3, -0.25) is 4.79 Å². The van der Waals surface area contributed by atoms with Crippen molar-refractivity contribution in [2.24, 2.45) is 11.8 Å². The zero-order valence-electron chi connectivity index (χ0n) is 12.8. The van der Waals surface area contributed by atoms with E-state index in [0.29, 0.717) is 5.92 Å². The minimum Gasteiger partial charge on any atom is -0.501 e. The molecule has 0 N–H and O–H groups in total. The van der Waals surface area contributed by atoms with Crippen LogP contribution in [0.1, 0.15) is 58.8 Å².